The third-order valence-corrected chi connectivity index (χ3v) is 4.74. The molecule has 1 aromatic rings. The highest BCUT2D eigenvalue weighted by Gasteiger charge is 2.36. The molecule has 2 heterocycles. The van der Waals surface area contributed by atoms with Crippen molar-refractivity contribution in [3.05, 3.63) is 23.0 Å². The molecule has 4 nitrogen and oxygen atoms in total. The average molecular weight is 264 g/mol. The van der Waals surface area contributed by atoms with Gasteiger partial charge >= 0.3 is 0 Å². The van der Waals surface area contributed by atoms with Crippen LogP contribution in [-0.2, 0) is 7.05 Å². The largest absolute Gasteiger partial charge is 0.390 e. The third kappa shape index (κ3) is 2.41. The topological polar surface area (TPSA) is 45.5 Å². The fourth-order valence-electron chi connectivity index (χ4n) is 2.65. The zero-order valence-electron chi connectivity index (χ0n) is 12.5. The second-order valence-corrected chi connectivity index (χ2v) is 6.10. The van der Waals surface area contributed by atoms with Gasteiger partial charge in [0.1, 0.15) is 0 Å². The summed E-state index contributed by atoms with van der Waals surface area (Å²) >= 11 is 0. The first kappa shape index (κ1) is 14.1. The molecule has 1 fully saturated rings. The number of rotatable bonds is 1. The number of aliphatic hydroxyl groups is 1. The second kappa shape index (κ2) is 4.67. The van der Waals surface area contributed by atoms with Gasteiger partial charge in [-0.25, -0.2) is 0 Å². The van der Waals surface area contributed by atoms with E-state index < -0.39 is 5.60 Å². The lowest BCUT2D eigenvalue weighted by atomic mass is 9.84. The van der Waals surface area contributed by atoms with E-state index in [-0.39, 0.29) is 11.8 Å². The minimum atomic E-state index is -0.654. The molecule has 2 atom stereocenters. The lowest BCUT2D eigenvalue weighted by Gasteiger charge is -2.41. The normalized spacial score (nSPS) is 27.7. The van der Waals surface area contributed by atoms with Gasteiger partial charge < -0.3 is 14.6 Å². The van der Waals surface area contributed by atoms with Crippen LogP contribution in [0.25, 0.3) is 0 Å². The second-order valence-electron chi connectivity index (χ2n) is 6.10. The Balaban J connectivity index is 2.19. The Labute approximate surface area is 115 Å². The molecule has 0 bridgehead atoms. The van der Waals surface area contributed by atoms with Crippen molar-refractivity contribution in [1.82, 2.24) is 9.47 Å². The molecule has 2 rings (SSSR count). The standard InChI is InChI=1S/C15H24N2O2/c1-10-9-17(7-6-15(10,4)19)14(18)13-8-11(2)16(5)12(13)3/h8,10,19H,6-7,9H2,1-5H3/t10-,15+/m1/s1. The highest BCUT2D eigenvalue weighted by molar-refractivity contribution is 5.95. The molecule has 0 unspecified atom stereocenters. The summed E-state index contributed by atoms with van der Waals surface area (Å²) in [5, 5.41) is 10.2. The molecule has 0 spiro atoms. The molecule has 0 saturated carbocycles. The van der Waals surface area contributed by atoms with Gasteiger partial charge in [-0.3, -0.25) is 4.79 Å². The first-order valence-corrected chi connectivity index (χ1v) is 6.88. The number of nitrogens with zero attached hydrogens (tertiary/aromatic N) is 2. The van der Waals surface area contributed by atoms with Crippen LogP contribution in [0.15, 0.2) is 6.07 Å². The average Bonchev–Trinajstić information content (AvgIpc) is 2.60. The van der Waals surface area contributed by atoms with Crippen LogP contribution in [0.1, 0.15) is 42.0 Å². The van der Waals surface area contributed by atoms with Crippen LogP contribution < -0.4 is 0 Å². The van der Waals surface area contributed by atoms with Gasteiger partial charge in [0.2, 0.25) is 0 Å². The van der Waals surface area contributed by atoms with Gasteiger partial charge in [-0.2, -0.15) is 0 Å². The number of carbonyl (C=O) groups excluding carboxylic acids is 1. The van der Waals surface area contributed by atoms with Crippen molar-refractivity contribution in [2.24, 2.45) is 13.0 Å². The minimum absolute atomic E-state index is 0.0866. The van der Waals surface area contributed by atoms with Crippen LogP contribution in [-0.4, -0.2) is 39.2 Å². The summed E-state index contributed by atoms with van der Waals surface area (Å²) in [4.78, 5) is 14.4. The van der Waals surface area contributed by atoms with E-state index in [1.165, 1.54) is 0 Å². The molecule has 1 saturated heterocycles. The summed E-state index contributed by atoms with van der Waals surface area (Å²) in [6.45, 7) is 9.10. The van der Waals surface area contributed by atoms with Crippen LogP contribution in [0.2, 0.25) is 0 Å². The smallest absolute Gasteiger partial charge is 0.255 e. The SMILES string of the molecule is Cc1cc(C(=O)N2CC[C@](C)(O)[C@H](C)C2)c(C)n1C. The van der Waals surface area contributed by atoms with Gasteiger partial charge in [0.15, 0.2) is 0 Å². The van der Waals surface area contributed by atoms with Crippen LogP contribution >= 0.6 is 0 Å². The maximum Gasteiger partial charge on any atom is 0.255 e. The zero-order valence-corrected chi connectivity index (χ0v) is 12.5. The fourth-order valence-corrected chi connectivity index (χ4v) is 2.65. The van der Waals surface area contributed by atoms with Gasteiger partial charge in [-0.05, 0) is 33.3 Å². The number of carbonyl (C=O) groups is 1. The molecule has 106 valence electrons. The van der Waals surface area contributed by atoms with E-state index in [0.717, 1.165) is 17.0 Å². The quantitative estimate of drug-likeness (QED) is 0.841. The van der Waals surface area contributed by atoms with Crippen molar-refractivity contribution in [2.45, 2.75) is 39.7 Å². The van der Waals surface area contributed by atoms with Crippen molar-refractivity contribution in [3.8, 4) is 0 Å². The van der Waals surface area contributed by atoms with E-state index in [1.807, 2.05) is 50.3 Å². The number of likely N-dealkylation sites (tertiary alicyclic amines) is 1. The van der Waals surface area contributed by atoms with E-state index in [0.29, 0.717) is 19.5 Å². The Bertz CT molecular complexity index is 502. The molecular formula is C15H24N2O2. The van der Waals surface area contributed by atoms with Gasteiger partial charge in [-0.1, -0.05) is 6.92 Å². The monoisotopic (exact) mass is 264 g/mol. The van der Waals surface area contributed by atoms with Gasteiger partial charge in [0, 0.05) is 37.4 Å². The van der Waals surface area contributed by atoms with E-state index in [2.05, 4.69) is 0 Å². The van der Waals surface area contributed by atoms with Crippen molar-refractivity contribution in [2.75, 3.05) is 13.1 Å². The predicted molar refractivity (Wildman–Crippen MR) is 75.2 cm³/mol. The molecule has 19 heavy (non-hydrogen) atoms. The molecule has 1 aliphatic heterocycles. The predicted octanol–water partition coefficient (Wildman–Crippen LogP) is 1.87. The van der Waals surface area contributed by atoms with Crippen molar-refractivity contribution < 1.29 is 9.90 Å². The van der Waals surface area contributed by atoms with Crippen LogP contribution in [0.3, 0.4) is 0 Å². The molecule has 1 aliphatic rings. The lowest BCUT2D eigenvalue weighted by molar-refractivity contribution is -0.0439. The highest BCUT2D eigenvalue weighted by atomic mass is 16.3. The number of piperidine rings is 1. The Morgan fingerprint density at radius 2 is 2.11 bits per heavy atom. The summed E-state index contributed by atoms with van der Waals surface area (Å²) in [6, 6.07) is 1.95. The summed E-state index contributed by atoms with van der Waals surface area (Å²) in [7, 11) is 1.98. The van der Waals surface area contributed by atoms with Gasteiger partial charge in [0.05, 0.1) is 11.2 Å². The maximum absolute atomic E-state index is 12.6. The molecule has 1 N–H and O–H groups in total. The van der Waals surface area contributed by atoms with E-state index in [4.69, 9.17) is 0 Å². The van der Waals surface area contributed by atoms with Crippen molar-refractivity contribution in [1.29, 1.82) is 0 Å². The zero-order chi connectivity index (χ0) is 14.4. The molecule has 1 amide bonds. The van der Waals surface area contributed by atoms with Crippen molar-refractivity contribution in [3.63, 3.8) is 0 Å². The third-order valence-electron chi connectivity index (χ3n) is 4.74. The summed E-state index contributed by atoms with van der Waals surface area (Å²) in [5.41, 5.74) is 2.23. The Hall–Kier alpha value is -1.29. The summed E-state index contributed by atoms with van der Waals surface area (Å²) in [6.07, 6.45) is 0.644. The maximum atomic E-state index is 12.6. The Morgan fingerprint density at radius 1 is 1.47 bits per heavy atom. The molecule has 4 heteroatoms. The lowest BCUT2D eigenvalue weighted by Crippen LogP contribution is -2.50. The van der Waals surface area contributed by atoms with Crippen molar-refractivity contribution >= 4 is 5.91 Å². The minimum Gasteiger partial charge on any atom is -0.390 e. The molecule has 1 aromatic heterocycles. The molecular weight excluding hydrogens is 240 g/mol. The number of hydrogen-bond acceptors (Lipinski definition) is 2. The fraction of sp³-hybridized carbons (Fsp3) is 0.667. The molecule has 0 radical (unpaired) electrons. The first-order chi connectivity index (χ1) is 8.74. The summed E-state index contributed by atoms with van der Waals surface area (Å²) in [5.74, 6) is 0.193. The molecule has 0 aromatic carbocycles. The van der Waals surface area contributed by atoms with Crippen LogP contribution in [0.4, 0.5) is 0 Å². The number of aryl methyl sites for hydroxylation is 1. The number of aromatic nitrogens is 1. The van der Waals surface area contributed by atoms with Gasteiger partial charge in [-0.15, -0.1) is 0 Å². The first-order valence-electron chi connectivity index (χ1n) is 6.88. The molecule has 0 aliphatic carbocycles. The Kier molecular flexibility index (Phi) is 3.47. The summed E-state index contributed by atoms with van der Waals surface area (Å²) < 4.78 is 2.04. The number of amides is 1. The van der Waals surface area contributed by atoms with Crippen LogP contribution in [0, 0.1) is 19.8 Å². The van der Waals surface area contributed by atoms with E-state index >= 15 is 0 Å². The van der Waals surface area contributed by atoms with Crippen LogP contribution in [0.5, 0.6) is 0 Å². The number of hydrogen-bond donors (Lipinski definition) is 1. The van der Waals surface area contributed by atoms with Gasteiger partial charge in [0.25, 0.3) is 5.91 Å². The highest BCUT2D eigenvalue weighted by Crippen LogP contribution is 2.28. The van der Waals surface area contributed by atoms with E-state index in [1.54, 1.807) is 0 Å². The Morgan fingerprint density at radius 3 is 2.58 bits per heavy atom. The van der Waals surface area contributed by atoms with E-state index in [9.17, 15) is 9.90 Å².